The molecule has 0 bridgehead atoms. The summed E-state index contributed by atoms with van der Waals surface area (Å²) >= 11 is 0. The second-order valence-electron chi connectivity index (χ2n) is 7.19. The van der Waals surface area contributed by atoms with E-state index in [1.807, 2.05) is 17.2 Å². The third-order valence-electron chi connectivity index (χ3n) is 5.44. The largest absolute Gasteiger partial charge is 0.339 e. The topological polar surface area (TPSA) is 72.1 Å². The van der Waals surface area contributed by atoms with E-state index in [1.54, 1.807) is 6.20 Å². The molecule has 0 spiro atoms. The monoisotopic (exact) mass is 324 g/mol. The van der Waals surface area contributed by atoms with Crippen LogP contribution in [0.25, 0.3) is 0 Å². The molecule has 2 aromatic rings. The van der Waals surface area contributed by atoms with Gasteiger partial charge in [-0.15, -0.1) is 0 Å². The Morgan fingerprint density at radius 2 is 2.21 bits per heavy atom. The van der Waals surface area contributed by atoms with Crippen LogP contribution in [0.1, 0.15) is 67.3 Å². The Morgan fingerprint density at radius 3 is 3.00 bits per heavy atom. The van der Waals surface area contributed by atoms with Crippen LogP contribution in [0, 0.1) is 5.92 Å². The molecule has 0 N–H and O–H groups in total. The summed E-state index contributed by atoms with van der Waals surface area (Å²) in [6.45, 7) is 0.799. The molecule has 3 unspecified atom stereocenters. The fourth-order valence-corrected chi connectivity index (χ4v) is 3.82. The first-order valence-corrected chi connectivity index (χ1v) is 8.85. The van der Waals surface area contributed by atoms with E-state index in [-0.39, 0.29) is 17.9 Å². The van der Waals surface area contributed by atoms with Gasteiger partial charge in [-0.1, -0.05) is 11.2 Å². The van der Waals surface area contributed by atoms with E-state index in [0.29, 0.717) is 17.7 Å². The fourth-order valence-electron chi connectivity index (χ4n) is 3.82. The number of carbonyl (C=O) groups excluding carboxylic acids is 1. The second-order valence-corrected chi connectivity index (χ2v) is 7.19. The van der Waals surface area contributed by atoms with Crippen molar-refractivity contribution >= 4 is 5.91 Å². The van der Waals surface area contributed by atoms with Crippen molar-refractivity contribution in [2.75, 3.05) is 6.54 Å². The number of hydrogen-bond acceptors (Lipinski definition) is 5. The maximum Gasteiger partial charge on any atom is 0.229 e. The maximum absolute atomic E-state index is 12.9. The molecule has 2 aromatic heterocycles. The summed E-state index contributed by atoms with van der Waals surface area (Å²) in [7, 11) is 0. The molecule has 5 rings (SSSR count). The van der Waals surface area contributed by atoms with E-state index in [0.717, 1.165) is 44.5 Å². The minimum atomic E-state index is -0.0103. The van der Waals surface area contributed by atoms with Gasteiger partial charge in [-0.3, -0.25) is 9.78 Å². The lowest BCUT2D eigenvalue weighted by atomic mass is 10.1. The van der Waals surface area contributed by atoms with Crippen molar-refractivity contribution in [1.82, 2.24) is 20.0 Å². The molecule has 0 aromatic carbocycles. The lowest BCUT2D eigenvalue weighted by Crippen LogP contribution is -2.32. The van der Waals surface area contributed by atoms with Crippen LogP contribution in [-0.4, -0.2) is 32.5 Å². The molecule has 2 aliphatic carbocycles. The average molecular weight is 324 g/mol. The van der Waals surface area contributed by atoms with Crippen LogP contribution < -0.4 is 0 Å². The van der Waals surface area contributed by atoms with Gasteiger partial charge < -0.3 is 9.42 Å². The van der Waals surface area contributed by atoms with Gasteiger partial charge in [0.25, 0.3) is 0 Å². The Balaban J connectivity index is 1.31. The van der Waals surface area contributed by atoms with Crippen molar-refractivity contribution in [2.24, 2.45) is 5.92 Å². The van der Waals surface area contributed by atoms with Crippen LogP contribution in [0.5, 0.6) is 0 Å². The van der Waals surface area contributed by atoms with Gasteiger partial charge in [-0.05, 0) is 49.7 Å². The minimum Gasteiger partial charge on any atom is -0.339 e. The zero-order valence-corrected chi connectivity index (χ0v) is 13.5. The third kappa shape index (κ3) is 2.41. The van der Waals surface area contributed by atoms with Crippen molar-refractivity contribution in [3.63, 3.8) is 0 Å². The minimum absolute atomic E-state index is 0.0103. The lowest BCUT2D eigenvalue weighted by molar-refractivity contribution is -0.133. The normalized spacial score (nSPS) is 29.0. The number of hydrogen-bond donors (Lipinski definition) is 0. The first-order chi connectivity index (χ1) is 11.8. The quantitative estimate of drug-likeness (QED) is 0.865. The molecule has 3 aliphatic rings. The lowest BCUT2D eigenvalue weighted by Gasteiger charge is -2.22. The highest BCUT2D eigenvalue weighted by Gasteiger charge is 2.48. The molecule has 0 radical (unpaired) electrons. The summed E-state index contributed by atoms with van der Waals surface area (Å²) in [6.07, 6.45) is 8.79. The smallest absolute Gasteiger partial charge is 0.229 e. The van der Waals surface area contributed by atoms with Crippen molar-refractivity contribution < 1.29 is 9.32 Å². The predicted octanol–water partition coefficient (Wildman–Crippen LogP) is 2.81. The Labute approximate surface area is 140 Å². The van der Waals surface area contributed by atoms with Crippen LogP contribution in [0.2, 0.25) is 0 Å². The number of carbonyl (C=O) groups is 1. The van der Waals surface area contributed by atoms with Crippen LogP contribution in [0.4, 0.5) is 0 Å². The SMILES string of the molecule is O=C(C1CC1c1cccnc1)N1CCCC1c1noc(C2CC2)n1. The molecule has 24 heavy (non-hydrogen) atoms. The van der Waals surface area contributed by atoms with Crippen LogP contribution >= 0.6 is 0 Å². The molecule has 1 aliphatic heterocycles. The van der Waals surface area contributed by atoms with E-state index >= 15 is 0 Å². The summed E-state index contributed by atoms with van der Waals surface area (Å²) in [5.41, 5.74) is 1.17. The fraction of sp³-hybridized carbons (Fsp3) is 0.556. The van der Waals surface area contributed by atoms with Crippen molar-refractivity contribution in [1.29, 1.82) is 0 Å². The van der Waals surface area contributed by atoms with E-state index in [4.69, 9.17) is 4.52 Å². The van der Waals surface area contributed by atoms with Crippen molar-refractivity contribution in [2.45, 2.75) is 50.0 Å². The number of likely N-dealkylation sites (tertiary alicyclic amines) is 1. The molecule has 6 nitrogen and oxygen atoms in total. The van der Waals surface area contributed by atoms with Gasteiger partial charge in [0.05, 0.1) is 6.04 Å². The van der Waals surface area contributed by atoms with Crippen LogP contribution in [-0.2, 0) is 4.79 Å². The summed E-state index contributed by atoms with van der Waals surface area (Å²) in [5, 5.41) is 4.16. The Hall–Kier alpha value is -2.24. The molecular weight excluding hydrogens is 304 g/mol. The molecule has 2 saturated carbocycles. The third-order valence-corrected chi connectivity index (χ3v) is 5.44. The van der Waals surface area contributed by atoms with Crippen LogP contribution in [0.3, 0.4) is 0 Å². The Bertz CT molecular complexity index is 755. The van der Waals surface area contributed by atoms with Crippen molar-refractivity contribution in [3.05, 3.63) is 41.8 Å². The first kappa shape index (κ1) is 14.1. The average Bonchev–Trinajstić information content (AvgIpc) is 3.52. The van der Waals surface area contributed by atoms with Gasteiger partial charge in [-0.25, -0.2) is 0 Å². The summed E-state index contributed by atoms with van der Waals surface area (Å²) in [5.74, 6) is 2.55. The standard InChI is InChI=1S/C18H20N4O2/c23-18(14-9-13(14)12-3-1-7-19-10-12)22-8-2-4-15(22)16-20-17(24-21-16)11-5-6-11/h1,3,7,10-11,13-15H,2,4-6,8-9H2. The summed E-state index contributed by atoms with van der Waals surface area (Å²) in [4.78, 5) is 23.7. The molecular formula is C18H20N4O2. The zero-order valence-electron chi connectivity index (χ0n) is 13.5. The first-order valence-electron chi connectivity index (χ1n) is 8.85. The van der Waals surface area contributed by atoms with Gasteiger partial charge in [0.2, 0.25) is 11.8 Å². The second kappa shape index (κ2) is 5.40. The number of aromatic nitrogens is 3. The van der Waals surface area contributed by atoms with Crippen molar-refractivity contribution in [3.8, 4) is 0 Å². The Kier molecular flexibility index (Phi) is 3.18. The Morgan fingerprint density at radius 1 is 1.29 bits per heavy atom. The van der Waals surface area contributed by atoms with Gasteiger partial charge in [0.1, 0.15) is 0 Å². The highest BCUT2D eigenvalue weighted by molar-refractivity contribution is 5.83. The summed E-state index contributed by atoms with van der Waals surface area (Å²) < 4.78 is 5.39. The molecule has 1 amide bonds. The van der Waals surface area contributed by atoms with Gasteiger partial charge in [-0.2, -0.15) is 4.98 Å². The van der Waals surface area contributed by atoms with E-state index in [9.17, 15) is 4.79 Å². The molecule has 1 saturated heterocycles. The molecule has 3 heterocycles. The van der Waals surface area contributed by atoms with Gasteiger partial charge in [0, 0.05) is 30.8 Å². The number of nitrogens with zero attached hydrogens (tertiary/aromatic N) is 4. The van der Waals surface area contributed by atoms with Gasteiger partial charge in [0.15, 0.2) is 5.82 Å². The predicted molar refractivity (Wildman–Crippen MR) is 85.0 cm³/mol. The van der Waals surface area contributed by atoms with E-state index in [2.05, 4.69) is 21.2 Å². The number of amides is 1. The summed E-state index contributed by atoms with van der Waals surface area (Å²) in [6, 6.07) is 3.99. The molecule has 3 atom stereocenters. The molecule has 124 valence electrons. The zero-order chi connectivity index (χ0) is 16.1. The van der Waals surface area contributed by atoms with Gasteiger partial charge >= 0.3 is 0 Å². The molecule has 3 fully saturated rings. The highest BCUT2D eigenvalue weighted by atomic mass is 16.5. The number of rotatable bonds is 4. The van der Waals surface area contributed by atoms with E-state index in [1.165, 1.54) is 5.56 Å². The molecule has 6 heteroatoms. The maximum atomic E-state index is 12.9. The number of pyridine rings is 1. The van der Waals surface area contributed by atoms with E-state index < -0.39 is 0 Å². The highest BCUT2D eigenvalue weighted by Crippen LogP contribution is 2.50. The van der Waals surface area contributed by atoms with Crippen LogP contribution in [0.15, 0.2) is 29.0 Å².